The summed E-state index contributed by atoms with van der Waals surface area (Å²) in [6.07, 6.45) is 2.39. The molecule has 0 aliphatic heterocycles. The molecule has 3 aromatic rings. The fourth-order valence-corrected chi connectivity index (χ4v) is 3.59. The predicted octanol–water partition coefficient (Wildman–Crippen LogP) is 1.96. The number of carbonyl (C=O) groups excluding carboxylic acids is 1. The van der Waals surface area contributed by atoms with E-state index >= 15 is 0 Å². The van der Waals surface area contributed by atoms with Crippen LogP contribution >= 0.6 is 11.6 Å². The first kappa shape index (κ1) is 21.8. The van der Waals surface area contributed by atoms with Crippen molar-refractivity contribution in [3.8, 4) is 0 Å². The molecule has 9 heteroatoms. The molecule has 3 rings (SSSR count). The van der Waals surface area contributed by atoms with Crippen molar-refractivity contribution >= 4 is 28.7 Å². The van der Waals surface area contributed by atoms with Crippen LogP contribution in [0.4, 0.5) is 0 Å². The molecule has 0 fully saturated rings. The number of imidazole rings is 1. The van der Waals surface area contributed by atoms with Crippen LogP contribution in [0.15, 0.2) is 40.2 Å². The zero-order chi connectivity index (χ0) is 22.1. The van der Waals surface area contributed by atoms with Gasteiger partial charge in [-0.05, 0) is 24.1 Å². The molecular formula is C21H26ClN5O3. The van der Waals surface area contributed by atoms with Crippen molar-refractivity contribution in [1.82, 2.24) is 24.0 Å². The van der Waals surface area contributed by atoms with E-state index in [-0.39, 0.29) is 11.3 Å². The summed E-state index contributed by atoms with van der Waals surface area (Å²) in [5.74, 6) is -0.0603. The molecule has 1 aromatic carbocycles. The Balaban J connectivity index is 1.60. The van der Waals surface area contributed by atoms with E-state index in [0.717, 1.165) is 10.1 Å². The van der Waals surface area contributed by atoms with Gasteiger partial charge in [0.1, 0.15) is 0 Å². The number of amides is 1. The van der Waals surface area contributed by atoms with Gasteiger partial charge in [-0.2, -0.15) is 0 Å². The highest BCUT2D eigenvalue weighted by Gasteiger charge is 2.21. The van der Waals surface area contributed by atoms with Gasteiger partial charge in [-0.15, -0.1) is 0 Å². The summed E-state index contributed by atoms with van der Waals surface area (Å²) in [7, 11) is 3.02. The smallest absolute Gasteiger partial charge is 0.332 e. The van der Waals surface area contributed by atoms with Crippen LogP contribution in [0.25, 0.3) is 11.2 Å². The third-order valence-electron chi connectivity index (χ3n) is 5.35. The summed E-state index contributed by atoms with van der Waals surface area (Å²) in [5.41, 5.74) is 0.704. The van der Waals surface area contributed by atoms with Gasteiger partial charge >= 0.3 is 5.69 Å². The molecule has 1 N–H and O–H groups in total. The van der Waals surface area contributed by atoms with Gasteiger partial charge in [-0.25, -0.2) is 9.78 Å². The fourth-order valence-electron chi connectivity index (χ4n) is 3.40. The Hall–Kier alpha value is -2.87. The zero-order valence-electron chi connectivity index (χ0n) is 17.6. The van der Waals surface area contributed by atoms with Gasteiger partial charge < -0.3 is 9.88 Å². The van der Waals surface area contributed by atoms with Crippen LogP contribution in [-0.4, -0.2) is 31.1 Å². The molecule has 30 heavy (non-hydrogen) atoms. The summed E-state index contributed by atoms with van der Waals surface area (Å²) in [6, 6.07) is 7.63. The third-order valence-corrected chi connectivity index (χ3v) is 5.59. The van der Waals surface area contributed by atoms with Gasteiger partial charge in [0.25, 0.3) is 5.56 Å². The normalized spacial score (nSPS) is 11.8. The lowest BCUT2D eigenvalue weighted by atomic mass is 9.84. The van der Waals surface area contributed by atoms with Crippen LogP contribution in [0.5, 0.6) is 0 Å². The third kappa shape index (κ3) is 4.33. The number of nitrogens with zero attached hydrogens (tertiary/aromatic N) is 4. The number of nitrogens with one attached hydrogen (secondary N) is 1. The Labute approximate surface area is 179 Å². The van der Waals surface area contributed by atoms with Crippen LogP contribution in [0, 0.1) is 0 Å². The van der Waals surface area contributed by atoms with Crippen LogP contribution in [0.1, 0.15) is 32.3 Å². The second-order valence-corrected chi connectivity index (χ2v) is 8.53. The molecule has 0 spiro atoms. The van der Waals surface area contributed by atoms with E-state index in [2.05, 4.69) is 24.1 Å². The largest absolute Gasteiger partial charge is 0.355 e. The molecular weight excluding hydrogens is 406 g/mol. The zero-order valence-corrected chi connectivity index (χ0v) is 18.4. The van der Waals surface area contributed by atoms with Crippen molar-refractivity contribution in [3.05, 3.63) is 62.0 Å². The van der Waals surface area contributed by atoms with E-state index in [9.17, 15) is 14.4 Å². The fraction of sp³-hybridized carbons (Fsp3) is 0.429. The SMILES string of the molecule is Cn1c(=O)c2c(ncn2CCCC(=O)NCC(C)(C)c2cccc(Cl)c2)n(C)c1=O. The van der Waals surface area contributed by atoms with Gasteiger partial charge in [0, 0.05) is 44.0 Å². The number of fused-ring (bicyclic) bond motifs is 1. The topological polar surface area (TPSA) is 90.9 Å². The lowest BCUT2D eigenvalue weighted by molar-refractivity contribution is -0.121. The van der Waals surface area contributed by atoms with E-state index in [4.69, 9.17) is 11.6 Å². The lowest BCUT2D eigenvalue weighted by Crippen LogP contribution is -2.37. The quantitative estimate of drug-likeness (QED) is 0.619. The van der Waals surface area contributed by atoms with Crippen molar-refractivity contribution in [2.45, 2.75) is 38.6 Å². The Morgan fingerprint density at radius 2 is 1.93 bits per heavy atom. The van der Waals surface area contributed by atoms with E-state index in [1.54, 1.807) is 11.6 Å². The summed E-state index contributed by atoms with van der Waals surface area (Å²) in [4.78, 5) is 41.0. The van der Waals surface area contributed by atoms with Crippen molar-refractivity contribution in [2.24, 2.45) is 14.1 Å². The number of aromatic nitrogens is 4. The molecule has 2 aromatic heterocycles. The van der Waals surface area contributed by atoms with Gasteiger partial charge in [0.2, 0.25) is 5.91 Å². The lowest BCUT2D eigenvalue weighted by Gasteiger charge is -2.26. The Bertz CT molecular complexity index is 1210. The number of aryl methyl sites for hydroxylation is 2. The van der Waals surface area contributed by atoms with E-state index in [1.165, 1.54) is 17.9 Å². The molecule has 2 heterocycles. The number of rotatable bonds is 7. The number of carbonyl (C=O) groups is 1. The number of halogens is 1. The van der Waals surface area contributed by atoms with E-state index < -0.39 is 11.2 Å². The second-order valence-electron chi connectivity index (χ2n) is 8.09. The van der Waals surface area contributed by atoms with Crippen LogP contribution in [0.2, 0.25) is 5.02 Å². The summed E-state index contributed by atoms with van der Waals surface area (Å²) < 4.78 is 4.10. The first-order chi connectivity index (χ1) is 14.1. The monoisotopic (exact) mass is 431 g/mol. The highest BCUT2D eigenvalue weighted by Crippen LogP contribution is 2.24. The first-order valence-corrected chi connectivity index (χ1v) is 10.1. The minimum Gasteiger partial charge on any atom is -0.355 e. The number of hydrogen-bond acceptors (Lipinski definition) is 4. The highest BCUT2D eigenvalue weighted by molar-refractivity contribution is 6.30. The molecule has 0 radical (unpaired) electrons. The summed E-state index contributed by atoms with van der Waals surface area (Å²) >= 11 is 6.07. The molecule has 0 saturated carbocycles. The van der Waals surface area contributed by atoms with Crippen LogP contribution in [0.3, 0.4) is 0 Å². The average Bonchev–Trinajstić information content (AvgIpc) is 3.13. The van der Waals surface area contributed by atoms with Gasteiger partial charge in [0.15, 0.2) is 11.2 Å². The summed E-state index contributed by atoms with van der Waals surface area (Å²) in [5, 5.41) is 3.65. The molecule has 0 atom stereocenters. The number of hydrogen-bond donors (Lipinski definition) is 1. The van der Waals surface area contributed by atoms with Crippen molar-refractivity contribution in [3.63, 3.8) is 0 Å². The van der Waals surface area contributed by atoms with E-state index in [1.807, 2.05) is 24.3 Å². The minimum atomic E-state index is -0.417. The molecule has 0 aliphatic carbocycles. The highest BCUT2D eigenvalue weighted by atomic mass is 35.5. The summed E-state index contributed by atoms with van der Waals surface area (Å²) in [6.45, 7) is 5.05. The maximum atomic E-state index is 12.5. The molecule has 0 bridgehead atoms. The molecule has 0 aliphatic rings. The first-order valence-electron chi connectivity index (χ1n) is 9.75. The van der Waals surface area contributed by atoms with E-state index in [0.29, 0.717) is 42.1 Å². The average molecular weight is 432 g/mol. The van der Waals surface area contributed by atoms with Crippen molar-refractivity contribution in [1.29, 1.82) is 0 Å². The minimum absolute atomic E-state index is 0.0603. The Morgan fingerprint density at radius 3 is 2.63 bits per heavy atom. The maximum Gasteiger partial charge on any atom is 0.332 e. The van der Waals surface area contributed by atoms with Crippen molar-refractivity contribution in [2.75, 3.05) is 6.54 Å². The van der Waals surface area contributed by atoms with Gasteiger partial charge in [0.05, 0.1) is 6.33 Å². The molecule has 1 amide bonds. The van der Waals surface area contributed by atoms with Crippen molar-refractivity contribution < 1.29 is 4.79 Å². The molecule has 0 saturated heterocycles. The molecule has 0 unspecified atom stereocenters. The molecule has 8 nitrogen and oxygen atoms in total. The number of benzene rings is 1. The molecule has 160 valence electrons. The van der Waals surface area contributed by atoms with Crippen LogP contribution < -0.4 is 16.6 Å². The standard InChI is InChI=1S/C21H26ClN5O3/c1-21(2,14-7-5-8-15(22)11-14)12-23-16(28)9-6-10-27-13-24-18-17(27)19(29)26(4)20(30)25(18)3/h5,7-8,11,13H,6,9-10,12H2,1-4H3,(H,23,28). The van der Waals surface area contributed by atoms with Gasteiger partial charge in [-0.3, -0.25) is 18.7 Å². The maximum absolute atomic E-state index is 12.5. The predicted molar refractivity (Wildman–Crippen MR) is 117 cm³/mol. The van der Waals surface area contributed by atoms with Crippen LogP contribution in [-0.2, 0) is 30.8 Å². The second kappa shape index (κ2) is 8.47. The van der Waals surface area contributed by atoms with Gasteiger partial charge in [-0.1, -0.05) is 37.6 Å². The Kier molecular flexibility index (Phi) is 6.17. The Morgan fingerprint density at radius 1 is 1.20 bits per heavy atom.